The molecule has 6 heteroatoms. The van der Waals surface area contributed by atoms with Crippen LogP contribution in [0.4, 0.5) is 0 Å². The highest BCUT2D eigenvalue weighted by Gasteiger charge is 2.22. The molecule has 1 unspecified atom stereocenters. The first-order valence-corrected chi connectivity index (χ1v) is 10.7. The molecule has 1 aliphatic heterocycles. The summed E-state index contributed by atoms with van der Waals surface area (Å²) in [6.07, 6.45) is 8.05. The Morgan fingerprint density at radius 1 is 1.10 bits per heavy atom. The van der Waals surface area contributed by atoms with Crippen molar-refractivity contribution in [2.24, 2.45) is 12.0 Å². The van der Waals surface area contributed by atoms with E-state index >= 15 is 0 Å². The van der Waals surface area contributed by atoms with Crippen LogP contribution >= 0.6 is 0 Å². The van der Waals surface area contributed by atoms with E-state index in [1.165, 1.54) is 30.4 Å². The number of rotatable bonds is 8. The Hall–Kier alpha value is -2.47. The normalized spacial score (nSPS) is 16.4. The van der Waals surface area contributed by atoms with Gasteiger partial charge in [0.05, 0.1) is 19.7 Å². The summed E-state index contributed by atoms with van der Waals surface area (Å²) in [7, 11) is 3.75. The largest absolute Gasteiger partial charge is 0.497 e. The first-order chi connectivity index (χ1) is 14.2. The number of benzene rings is 1. The Kier molecular flexibility index (Phi) is 7.99. The molecule has 1 aromatic carbocycles. The van der Waals surface area contributed by atoms with Crippen molar-refractivity contribution in [3.63, 3.8) is 0 Å². The zero-order valence-electron chi connectivity index (χ0n) is 18.0. The highest BCUT2D eigenvalue weighted by Crippen LogP contribution is 2.25. The van der Waals surface area contributed by atoms with Gasteiger partial charge >= 0.3 is 0 Å². The van der Waals surface area contributed by atoms with Gasteiger partial charge in [-0.15, -0.1) is 0 Å². The summed E-state index contributed by atoms with van der Waals surface area (Å²) in [5.41, 5.74) is 2.53. The highest BCUT2D eigenvalue weighted by atomic mass is 16.5. The van der Waals surface area contributed by atoms with Crippen LogP contribution in [0.5, 0.6) is 5.75 Å². The molecule has 29 heavy (non-hydrogen) atoms. The number of guanidine groups is 1. The third-order valence-corrected chi connectivity index (χ3v) is 5.45. The van der Waals surface area contributed by atoms with Gasteiger partial charge in [0.25, 0.3) is 0 Å². The number of likely N-dealkylation sites (tertiary alicyclic amines) is 1. The summed E-state index contributed by atoms with van der Waals surface area (Å²) >= 11 is 0. The van der Waals surface area contributed by atoms with Crippen molar-refractivity contribution >= 4 is 5.96 Å². The Labute approximate surface area is 175 Å². The standard InChI is InChI=1S/C23H35N5O/c1-4-24-23(25-16-19-12-15-27(2)18-19)26-17-22(28-13-6-5-7-14-28)20-8-10-21(29-3)11-9-20/h8-12,15,18,22H,4-7,13-14,16-17H2,1-3H3,(H2,24,25,26). The lowest BCUT2D eigenvalue weighted by Crippen LogP contribution is -2.44. The minimum absolute atomic E-state index is 0.321. The second-order valence-corrected chi connectivity index (χ2v) is 7.65. The van der Waals surface area contributed by atoms with E-state index in [1.54, 1.807) is 7.11 Å². The minimum Gasteiger partial charge on any atom is -0.497 e. The number of methoxy groups -OCH3 is 1. The summed E-state index contributed by atoms with van der Waals surface area (Å²) < 4.78 is 7.40. The number of nitrogens with one attached hydrogen (secondary N) is 2. The fourth-order valence-electron chi connectivity index (χ4n) is 3.87. The Balaban J connectivity index is 1.70. The van der Waals surface area contributed by atoms with Gasteiger partial charge in [-0.1, -0.05) is 18.6 Å². The molecule has 0 spiro atoms. The molecule has 2 heterocycles. The topological polar surface area (TPSA) is 53.8 Å². The van der Waals surface area contributed by atoms with Gasteiger partial charge in [-0.05, 0) is 62.2 Å². The summed E-state index contributed by atoms with van der Waals surface area (Å²) in [4.78, 5) is 7.37. The van der Waals surface area contributed by atoms with Crippen molar-refractivity contribution < 1.29 is 4.74 Å². The van der Waals surface area contributed by atoms with Gasteiger partial charge in [-0.2, -0.15) is 0 Å². The quantitative estimate of drug-likeness (QED) is 0.530. The third-order valence-electron chi connectivity index (χ3n) is 5.45. The van der Waals surface area contributed by atoms with Crippen molar-refractivity contribution in [3.8, 4) is 5.75 Å². The van der Waals surface area contributed by atoms with Crippen LogP contribution in [0.25, 0.3) is 0 Å². The van der Waals surface area contributed by atoms with Crippen LogP contribution in [0.15, 0.2) is 47.7 Å². The summed E-state index contributed by atoms with van der Waals surface area (Å²) in [5.74, 6) is 1.77. The fourth-order valence-corrected chi connectivity index (χ4v) is 3.87. The second-order valence-electron chi connectivity index (χ2n) is 7.65. The van der Waals surface area contributed by atoms with E-state index in [2.05, 4.69) is 69.7 Å². The number of piperidine rings is 1. The molecule has 2 N–H and O–H groups in total. The predicted octanol–water partition coefficient (Wildman–Crippen LogP) is 3.32. The molecule has 2 aromatic rings. The molecule has 1 fully saturated rings. The van der Waals surface area contributed by atoms with Crippen LogP contribution in [-0.4, -0.2) is 48.7 Å². The number of aryl methyl sites for hydroxylation is 1. The van der Waals surface area contributed by atoms with E-state index in [0.717, 1.165) is 37.9 Å². The van der Waals surface area contributed by atoms with Crippen LogP contribution in [0, 0.1) is 0 Å². The number of aromatic nitrogens is 1. The van der Waals surface area contributed by atoms with Crippen LogP contribution < -0.4 is 15.4 Å². The van der Waals surface area contributed by atoms with Crippen LogP contribution in [0.1, 0.15) is 43.4 Å². The van der Waals surface area contributed by atoms with E-state index in [9.17, 15) is 0 Å². The highest BCUT2D eigenvalue weighted by molar-refractivity contribution is 5.79. The zero-order chi connectivity index (χ0) is 20.5. The summed E-state index contributed by atoms with van der Waals surface area (Å²) in [5, 5.41) is 6.96. The van der Waals surface area contributed by atoms with Gasteiger partial charge in [0.1, 0.15) is 5.75 Å². The molecule has 0 radical (unpaired) electrons. The molecule has 158 valence electrons. The van der Waals surface area contributed by atoms with Gasteiger partial charge in [0.15, 0.2) is 5.96 Å². The Morgan fingerprint density at radius 2 is 1.86 bits per heavy atom. The smallest absolute Gasteiger partial charge is 0.191 e. The van der Waals surface area contributed by atoms with Gasteiger partial charge in [0, 0.05) is 32.5 Å². The lowest BCUT2D eigenvalue weighted by molar-refractivity contribution is 0.164. The Bertz CT molecular complexity index is 762. The lowest BCUT2D eigenvalue weighted by Gasteiger charge is -2.35. The van der Waals surface area contributed by atoms with Crippen molar-refractivity contribution in [2.75, 3.05) is 33.3 Å². The minimum atomic E-state index is 0.321. The van der Waals surface area contributed by atoms with Gasteiger partial charge in [-0.3, -0.25) is 4.90 Å². The summed E-state index contributed by atoms with van der Waals surface area (Å²) in [6.45, 7) is 6.75. The number of hydrogen-bond acceptors (Lipinski definition) is 3. The van der Waals surface area contributed by atoms with Gasteiger partial charge < -0.3 is 19.9 Å². The number of hydrogen-bond donors (Lipinski definition) is 2. The van der Waals surface area contributed by atoms with E-state index in [4.69, 9.17) is 9.73 Å². The molecule has 0 amide bonds. The SMILES string of the molecule is CCNC(=NCc1ccn(C)c1)NCC(c1ccc(OC)cc1)N1CCCCC1. The summed E-state index contributed by atoms with van der Waals surface area (Å²) in [6, 6.07) is 10.9. The van der Waals surface area contributed by atoms with Gasteiger partial charge in [0.2, 0.25) is 0 Å². The van der Waals surface area contributed by atoms with Crippen LogP contribution in [-0.2, 0) is 13.6 Å². The molecule has 1 atom stereocenters. The molecule has 0 aliphatic carbocycles. The molecule has 0 bridgehead atoms. The average Bonchev–Trinajstić information content (AvgIpc) is 3.18. The first-order valence-electron chi connectivity index (χ1n) is 10.7. The maximum atomic E-state index is 5.34. The molecule has 1 saturated heterocycles. The number of nitrogens with zero attached hydrogens (tertiary/aromatic N) is 3. The molecule has 0 saturated carbocycles. The van der Waals surface area contributed by atoms with E-state index < -0.39 is 0 Å². The van der Waals surface area contributed by atoms with E-state index in [0.29, 0.717) is 12.6 Å². The molecule has 1 aromatic heterocycles. The zero-order valence-corrected chi connectivity index (χ0v) is 18.0. The average molecular weight is 398 g/mol. The molecule has 6 nitrogen and oxygen atoms in total. The number of aliphatic imine (C=N–C) groups is 1. The van der Waals surface area contributed by atoms with Crippen LogP contribution in [0.2, 0.25) is 0 Å². The third kappa shape index (κ3) is 6.26. The van der Waals surface area contributed by atoms with Crippen molar-refractivity contribution in [1.29, 1.82) is 0 Å². The lowest BCUT2D eigenvalue weighted by atomic mass is 10.0. The first kappa shape index (κ1) is 21.2. The second kappa shape index (κ2) is 10.9. The molecule has 1 aliphatic rings. The predicted molar refractivity (Wildman–Crippen MR) is 119 cm³/mol. The molecular weight excluding hydrogens is 362 g/mol. The maximum absolute atomic E-state index is 5.34. The van der Waals surface area contributed by atoms with Gasteiger partial charge in [-0.25, -0.2) is 4.99 Å². The van der Waals surface area contributed by atoms with Crippen molar-refractivity contribution in [1.82, 2.24) is 20.1 Å². The van der Waals surface area contributed by atoms with E-state index in [-0.39, 0.29) is 0 Å². The van der Waals surface area contributed by atoms with E-state index in [1.807, 2.05) is 7.05 Å². The monoisotopic (exact) mass is 397 g/mol. The fraction of sp³-hybridized carbons (Fsp3) is 0.522. The van der Waals surface area contributed by atoms with Crippen molar-refractivity contribution in [2.45, 2.75) is 38.8 Å². The molecule has 3 rings (SSSR count). The van der Waals surface area contributed by atoms with Crippen LogP contribution in [0.3, 0.4) is 0 Å². The molecular formula is C23H35N5O. The Morgan fingerprint density at radius 3 is 2.48 bits per heavy atom. The maximum Gasteiger partial charge on any atom is 0.191 e. The number of ether oxygens (including phenoxy) is 1. The van der Waals surface area contributed by atoms with Crippen molar-refractivity contribution in [3.05, 3.63) is 53.9 Å².